The van der Waals surface area contributed by atoms with Gasteiger partial charge < -0.3 is 9.47 Å². The van der Waals surface area contributed by atoms with Gasteiger partial charge in [-0.15, -0.1) is 0 Å². The molecule has 0 unspecified atom stereocenters. The molecule has 0 saturated carbocycles. The first kappa shape index (κ1) is 20.3. The summed E-state index contributed by atoms with van der Waals surface area (Å²) in [5.74, 6) is -0.682. The van der Waals surface area contributed by atoms with Crippen LogP contribution in [0.1, 0.15) is 61.3 Å². The van der Waals surface area contributed by atoms with Crippen molar-refractivity contribution in [2.24, 2.45) is 0 Å². The van der Waals surface area contributed by atoms with Crippen molar-refractivity contribution in [1.82, 2.24) is 4.90 Å². The molecule has 1 fully saturated rings. The minimum atomic E-state index is -0.377. The zero-order chi connectivity index (χ0) is 20.7. The van der Waals surface area contributed by atoms with Crippen LogP contribution < -0.4 is 0 Å². The molecule has 2 aromatic carbocycles. The number of methoxy groups -OCH3 is 1. The molecule has 0 spiro atoms. The fourth-order valence-corrected chi connectivity index (χ4v) is 4.20. The number of likely N-dealkylation sites (tertiary alicyclic amines) is 1. The van der Waals surface area contributed by atoms with E-state index in [-0.39, 0.29) is 29.1 Å². The second-order valence-electron chi connectivity index (χ2n) is 8.89. The largest absolute Gasteiger partial charge is 0.465 e. The predicted molar refractivity (Wildman–Crippen MR) is 110 cm³/mol. The number of hydrogen-bond acceptors (Lipinski definition) is 5. The summed E-state index contributed by atoms with van der Waals surface area (Å²) in [6.07, 6.45) is 1.48. The molecule has 2 aromatic rings. The Kier molecular flexibility index (Phi) is 5.24. The summed E-state index contributed by atoms with van der Waals surface area (Å²) in [6.45, 7) is 8.74. The van der Waals surface area contributed by atoms with E-state index in [0.717, 1.165) is 23.6 Å². The number of carbonyl (C=O) groups excluding carboxylic acids is 2. The van der Waals surface area contributed by atoms with E-state index in [1.165, 1.54) is 7.11 Å². The predicted octanol–water partition coefficient (Wildman–Crippen LogP) is 4.43. The second kappa shape index (κ2) is 7.21. The van der Waals surface area contributed by atoms with Crippen molar-refractivity contribution in [2.45, 2.75) is 57.7 Å². The van der Waals surface area contributed by atoms with Gasteiger partial charge in [-0.3, -0.25) is 4.90 Å². The van der Waals surface area contributed by atoms with Crippen LogP contribution in [0.5, 0.6) is 0 Å². The van der Waals surface area contributed by atoms with Crippen LogP contribution in [-0.4, -0.2) is 48.2 Å². The van der Waals surface area contributed by atoms with Crippen molar-refractivity contribution in [3.05, 3.63) is 47.5 Å². The maximum Gasteiger partial charge on any atom is 0.338 e. The fourth-order valence-electron chi connectivity index (χ4n) is 4.20. The summed E-state index contributed by atoms with van der Waals surface area (Å²) in [7, 11) is 3.49. The third-order valence-electron chi connectivity index (χ3n) is 6.04. The molecule has 3 rings (SSSR count). The molecule has 0 amide bonds. The van der Waals surface area contributed by atoms with Gasteiger partial charge in [-0.2, -0.15) is 0 Å². The Morgan fingerprint density at radius 2 is 1.36 bits per heavy atom. The standard InChI is InChI=1S/C23H29NO4/c1-22(2)13-19(14-23(3,4)24(22)5)28-21(26)18-10-8-15-11-17(20(25)27-6)9-7-16(15)12-18/h7-12,19H,13-14H2,1-6H3. The third-order valence-corrected chi connectivity index (χ3v) is 6.04. The van der Waals surface area contributed by atoms with Gasteiger partial charge in [0.15, 0.2) is 0 Å². The first-order chi connectivity index (χ1) is 13.0. The van der Waals surface area contributed by atoms with Gasteiger partial charge in [0.25, 0.3) is 0 Å². The lowest BCUT2D eigenvalue weighted by molar-refractivity contribution is -0.0732. The summed E-state index contributed by atoms with van der Waals surface area (Å²) in [6, 6.07) is 10.7. The molecule has 0 radical (unpaired) electrons. The topological polar surface area (TPSA) is 55.8 Å². The highest BCUT2D eigenvalue weighted by molar-refractivity contribution is 5.99. The lowest BCUT2D eigenvalue weighted by Crippen LogP contribution is -2.60. The minimum absolute atomic E-state index is 0.0413. The van der Waals surface area contributed by atoms with Gasteiger partial charge in [0.2, 0.25) is 0 Å². The number of fused-ring (bicyclic) bond motifs is 1. The molecule has 1 aliphatic heterocycles. The minimum Gasteiger partial charge on any atom is -0.465 e. The van der Waals surface area contributed by atoms with Gasteiger partial charge >= 0.3 is 11.9 Å². The highest BCUT2D eigenvalue weighted by atomic mass is 16.5. The van der Waals surface area contributed by atoms with E-state index in [4.69, 9.17) is 9.47 Å². The number of piperidine rings is 1. The Morgan fingerprint density at radius 3 is 1.82 bits per heavy atom. The average Bonchev–Trinajstić information content (AvgIpc) is 2.64. The molecular weight excluding hydrogens is 354 g/mol. The molecule has 0 aromatic heterocycles. The summed E-state index contributed by atoms with van der Waals surface area (Å²) in [4.78, 5) is 26.8. The van der Waals surface area contributed by atoms with E-state index < -0.39 is 0 Å². The van der Waals surface area contributed by atoms with Gasteiger partial charge in [0.1, 0.15) is 6.10 Å². The van der Waals surface area contributed by atoms with Crippen molar-refractivity contribution in [2.75, 3.05) is 14.2 Å². The van der Waals surface area contributed by atoms with Gasteiger partial charge in [-0.1, -0.05) is 12.1 Å². The van der Waals surface area contributed by atoms with E-state index in [2.05, 4.69) is 39.6 Å². The molecule has 0 bridgehead atoms. The van der Waals surface area contributed by atoms with E-state index in [0.29, 0.717) is 11.1 Å². The lowest BCUT2D eigenvalue weighted by atomic mass is 9.79. The Bertz CT molecular complexity index is 898. The summed E-state index contributed by atoms with van der Waals surface area (Å²) in [5.41, 5.74) is 0.926. The highest BCUT2D eigenvalue weighted by Crippen LogP contribution is 2.38. The van der Waals surface area contributed by atoms with Crippen LogP contribution >= 0.6 is 0 Å². The van der Waals surface area contributed by atoms with Crippen LogP contribution in [0, 0.1) is 0 Å². The maximum atomic E-state index is 12.8. The third kappa shape index (κ3) is 3.90. The molecule has 1 aliphatic rings. The summed E-state index contributed by atoms with van der Waals surface area (Å²) in [5, 5.41) is 1.76. The first-order valence-corrected chi connectivity index (χ1v) is 9.60. The molecular formula is C23H29NO4. The molecule has 1 heterocycles. The average molecular weight is 383 g/mol. The van der Waals surface area contributed by atoms with Gasteiger partial charge in [0.05, 0.1) is 18.2 Å². The molecule has 28 heavy (non-hydrogen) atoms. The molecule has 150 valence electrons. The quantitative estimate of drug-likeness (QED) is 0.734. The van der Waals surface area contributed by atoms with Crippen LogP contribution in [-0.2, 0) is 9.47 Å². The lowest BCUT2D eigenvalue weighted by Gasteiger charge is -2.53. The van der Waals surface area contributed by atoms with Crippen molar-refractivity contribution >= 4 is 22.7 Å². The van der Waals surface area contributed by atoms with Crippen LogP contribution in [0.15, 0.2) is 36.4 Å². The van der Waals surface area contributed by atoms with Crippen LogP contribution in [0.25, 0.3) is 10.8 Å². The van der Waals surface area contributed by atoms with Crippen molar-refractivity contribution in [3.8, 4) is 0 Å². The zero-order valence-electron chi connectivity index (χ0n) is 17.5. The van der Waals surface area contributed by atoms with Crippen LogP contribution in [0.4, 0.5) is 0 Å². The van der Waals surface area contributed by atoms with E-state index in [1.807, 2.05) is 18.2 Å². The van der Waals surface area contributed by atoms with Gasteiger partial charge in [0, 0.05) is 23.9 Å². The number of rotatable bonds is 3. The fraction of sp³-hybridized carbons (Fsp3) is 0.478. The van der Waals surface area contributed by atoms with Crippen molar-refractivity contribution in [3.63, 3.8) is 0 Å². The smallest absolute Gasteiger partial charge is 0.338 e. The van der Waals surface area contributed by atoms with E-state index >= 15 is 0 Å². The normalized spacial score (nSPS) is 19.4. The number of esters is 2. The highest BCUT2D eigenvalue weighted by Gasteiger charge is 2.44. The monoisotopic (exact) mass is 383 g/mol. The molecule has 5 heteroatoms. The Morgan fingerprint density at radius 1 is 0.893 bits per heavy atom. The van der Waals surface area contributed by atoms with Crippen molar-refractivity contribution < 1.29 is 19.1 Å². The molecule has 1 saturated heterocycles. The van der Waals surface area contributed by atoms with E-state index in [9.17, 15) is 9.59 Å². The van der Waals surface area contributed by atoms with Crippen LogP contribution in [0.3, 0.4) is 0 Å². The Labute approximate surface area is 166 Å². The van der Waals surface area contributed by atoms with E-state index in [1.54, 1.807) is 18.2 Å². The zero-order valence-corrected chi connectivity index (χ0v) is 17.5. The molecule has 0 aliphatic carbocycles. The van der Waals surface area contributed by atoms with Crippen LogP contribution in [0.2, 0.25) is 0 Å². The number of ether oxygens (including phenoxy) is 2. The molecule has 0 N–H and O–H groups in total. The Balaban J connectivity index is 1.79. The SMILES string of the molecule is COC(=O)c1ccc2cc(C(=O)OC3CC(C)(C)N(C)C(C)(C)C3)ccc2c1. The maximum absolute atomic E-state index is 12.8. The Hall–Kier alpha value is -2.40. The number of benzene rings is 2. The summed E-state index contributed by atoms with van der Waals surface area (Å²) < 4.78 is 10.6. The van der Waals surface area contributed by atoms with Gasteiger partial charge in [-0.05, 0) is 69.8 Å². The number of hydrogen-bond donors (Lipinski definition) is 0. The van der Waals surface area contributed by atoms with Gasteiger partial charge in [-0.25, -0.2) is 9.59 Å². The molecule has 5 nitrogen and oxygen atoms in total. The van der Waals surface area contributed by atoms with Crippen molar-refractivity contribution in [1.29, 1.82) is 0 Å². The second-order valence-corrected chi connectivity index (χ2v) is 8.89. The molecule has 0 atom stereocenters. The number of nitrogens with zero attached hydrogens (tertiary/aromatic N) is 1. The summed E-state index contributed by atoms with van der Waals surface area (Å²) >= 11 is 0. The first-order valence-electron chi connectivity index (χ1n) is 9.60. The number of carbonyl (C=O) groups is 2.